The number of aromatic nitrogens is 1. The molecule has 2 heterocycles. The van der Waals surface area contributed by atoms with Gasteiger partial charge in [-0.05, 0) is 50.3 Å². The molecule has 0 saturated heterocycles. The summed E-state index contributed by atoms with van der Waals surface area (Å²) < 4.78 is 5.12. The Balaban J connectivity index is 1.87. The zero-order chi connectivity index (χ0) is 15.9. The zero-order valence-electron chi connectivity index (χ0n) is 12.3. The molecule has 2 aromatic heterocycles. The molecule has 22 heavy (non-hydrogen) atoms. The number of carbonyl (C=O) groups excluding carboxylic acids is 1. The van der Waals surface area contributed by atoms with E-state index in [0.717, 1.165) is 24.0 Å². The number of carbonyl (C=O) groups is 2. The fourth-order valence-corrected chi connectivity index (χ4v) is 2.53. The minimum atomic E-state index is -1.19. The van der Waals surface area contributed by atoms with E-state index in [1.54, 1.807) is 13.1 Å². The van der Waals surface area contributed by atoms with Gasteiger partial charge in [0.15, 0.2) is 5.76 Å². The van der Waals surface area contributed by atoms with Crippen LogP contribution in [0, 0.1) is 13.8 Å². The van der Waals surface area contributed by atoms with Crippen LogP contribution in [-0.4, -0.2) is 22.0 Å². The van der Waals surface area contributed by atoms with Gasteiger partial charge in [0.25, 0.3) is 5.91 Å². The molecule has 0 atom stereocenters. The molecule has 0 radical (unpaired) electrons. The van der Waals surface area contributed by atoms with Crippen molar-refractivity contribution in [3.8, 4) is 0 Å². The van der Waals surface area contributed by atoms with Crippen LogP contribution in [0.15, 0.2) is 22.7 Å². The number of aryl methyl sites for hydroxylation is 2. The van der Waals surface area contributed by atoms with Crippen molar-refractivity contribution in [1.29, 1.82) is 0 Å². The highest BCUT2D eigenvalue weighted by molar-refractivity contribution is 6.03. The monoisotopic (exact) mass is 300 g/mol. The molecular weight excluding hydrogens is 284 g/mol. The summed E-state index contributed by atoms with van der Waals surface area (Å²) in [4.78, 5) is 27.5. The van der Waals surface area contributed by atoms with Gasteiger partial charge in [0, 0.05) is 17.3 Å². The number of nitrogens with zero attached hydrogens (tertiary/aromatic N) is 1. The van der Waals surface area contributed by atoms with Gasteiger partial charge in [0.05, 0.1) is 0 Å². The lowest BCUT2D eigenvalue weighted by molar-refractivity contribution is 0.0659. The highest BCUT2D eigenvalue weighted by Gasteiger charge is 2.29. The van der Waals surface area contributed by atoms with Crippen molar-refractivity contribution in [1.82, 2.24) is 4.98 Å². The van der Waals surface area contributed by atoms with Gasteiger partial charge in [-0.3, -0.25) is 4.79 Å². The van der Waals surface area contributed by atoms with Gasteiger partial charge in [0.2, 0.25) is 5.76 Å². The van der Waals surface area contributed by atoms with Gasteiger partial charge < -0.3 is 14.8 Å². The van der Waals surface area contributed by atoms with E-state index in [1.165, 1.54) is 6.07 Å². The Morgan fingerprint density at radius 3 is 2.64 bits per heavy atom. The summed E-state index contributed by atoms with van der Waals surface area (Å²) in [5, 5.41) is 11.7. The van der Waals surface area contributed by atoms with Gasteiger partial charge >= 0.3 is 5.97 Å². The van der Waals surface area contributed by atoms with E-state index in [0.29, 0.717) is 17.3 Å². The molecule has 114 valence electrons. The summed E-state index contributed by atoms with van der Waals surface area (Å²) in [7, 11) is 0. The largest absolute Gasteiger partial charge is 0.475 e. The number of anilines is 1. The van der Waals surface area contributed by atoms with Crippen molar-refractivity contribution in [3.05, 3.63) is 46.5 Å². The SMILES string of the molecule is Cc1cc(C(=O)Nc2nccc(C)c2C2CC2)oc1C(=O)O. The highest BCUT2D eigenvalue weighted by atomic mass is 16.4. The molecule has 1 saturated carbocycles. The molecule has 1 fully saturated rings. The number of pyridine rings is 1. The molecule has 6 heteroatoms. The van der Waals surface area contributed by atoms with Crippen molar-refractivity contribution < 1.29 is 19.1 Å². The number of carboxylic acids is 1. The Hall–Kier alpha value is -2.63. The first-order valence-electron chi connectivity index (χ1n) is 7.08. The van der Waals surface area contributed by atoms with Crippen molar-refractivity contribution in [2.45, 2.75) is 32.6 Å². The number of aromatic carboxylic acids is 1. The lowest BCUT2D eigenvalue weighted by atomic mass is 10.1. The molecule has 2 aromatic rings. The second-order valence-corrected chi connectivity index (χ2v) is 5.55. The molecule has 0 unspecified atom stereocenters. The lowest BCUT2D eigenvalue weighted by Crippen LogP contribution is -2.14. The van der Waals surface area contributed by atoms with Gasteiger partial charge in [-0.1, -0.05) is 0 Å². The minimum Gasteiger partial charge on any atom is -0.475 e. The first-order valence-corrected chi connectivity index (χ1v) is 7.08. The number of nitrogens with one attached hydrogen (secondary N) is 1. The molecule has 1 amide bonds. The first-order chi connectivity index (χ1) is 10.5. The van der Waals surface area contributed by atoms with E-state index >= 15 is 0 Å². The van der Waals surface area contributed by atoms with Crippen LogP contribution in [0.4, 0.5) is 5.82 Å². The Bertz CT molecular complexity index is 760. The van der Waals surface area contributed by atoms with Crippen LogP contribution < -0.4 is 5.32 Å². The van der Waals surface area contributed by atoms with E-state index in [-0.39, 0.29) is 11.5 Å². The number of furan rings is 1. The van der Waals surface area contributed by atoms with Crippen molar-refractivity contribution in [2.75, 3.05) is 5.32 Å². The lowest BCUT2D eigenvalue weighted by Gasteiger charge is -2.11. The predicted molar refractivity (Wildman–Crippen MR) is 79.3 cm³/mol. The van der Waals surface area contributed by atoms with Crippen LogP contribution in [-0.2, 0) is 0 Å². The van der Waals surface area contributed by atoms with Gasteiger partial charge in [-0.15, -0.1) is 0 Å². The van der Waals surface area contributed by atoms with Crippen LogP contribution in [0.25, 0.3) is 0 Å². The van der Waals surface area contributed by atoms with E-state index in [4.69, 9.17) is 9.52 Å². The van der Waals surface area contributed by atoms with Gasteiger partial charge in [-0.2, -0.15) is 0 Å². The average molecular weight is 300 g/mol. The fourth-order valence-electron chi connectivity index (χ4n) is 2.53. The third kappa shape index (κ3) is 2.59. The number of hydrogen-bond acceptors (Lipinski definition) is 4. The molecular formula is C16H16N2O4. The number of rotatable bonds is 4. The molecule has 2 N–H and O–H groups in total. The smallest absolute Gasteiger partial charge is 0.372 e. The van der Waals surface area contributed by atoms with Crippen LogP contribution >= 0.6 is 0 Å². The molecule has 0 bridgehead atoms. The van der Waals surface area contributed by atoms with Gasteiger partial charge in [0.1, 0.15) is 5.82 Å². The summed E-state index contributed by atoms with van der Waals surface area (Å²) in [5.74, 6) is -0.959. The second kappa shape index (κ2) is 5.29. The summed E-state index contributed by atoms with van der Waals surface area (Å²) in [5.41, 5.74) is 2.56. The third-order valence-electron chi connectivity index (χ3n) is 3.76. The maximum absolute atomic E-state index is 12.3. The first kappa shape index (κ1) is 14.3. The van der Waals surface area contributed by atoms with Crippen LogP contribution in [0.1, 0.15) is 56.6 Å². The van der Waals surface area contributed by atoms with E-state index in [2.05, 4.69) is 10.3 Å². The molecule has 3 rings (SSSR count). The van der Waals surface area contributed by atoms with E-state index in [9.17, 15) is 9.59 Å². The third-order valence-corrected chi connectivity index (χ3v) is 3.76. The molecule has 0 aliphatic heterocycles. The summed E-state index contributed by atoms with van der Waals surface area (Å²) in [6, 6.07) is 3.34. The maximum atomic E-state index is 12.3. The number of carboxylic acid groups (broad SMARTS) is 1. The number of amides is 1. The van der Waals surface area contributed by atoms with Gasteiger partial charge in [-0.25, -0.2) is 9.78 Å². The fraction of sp³-hybridized carbons (Fsp3) is 0.312. The minimum absolute atomic E-state index is 0.0278. The topological polar surface area (TPSA) is 92.4 Å². The quantitative estimate of drug-likeness (QED) is 0.905. The Morgan fingerprint density at radius 2 is 2.05 bits per heavy atom. The van der Waals surface area contributed by atoms with Crippen LogP contribution in [0.5, 0.6) is 0 Å². The Labute approximate surface area is 127 Å². The van der Waals surface area contributed by atoms with Crippen molar-refractivity contribution in [2.24, 2.45) is 0 Å². The molecule has 6 nitrogen and oxygen atoms in total. The number of hydrogen-bond donors (Lipinski definition) is 2. The van der Waals surface area contributed by atoms with Crippen molar-refractivity contribution in [3.63, 3.8) is 0 Å². The average Bonchev–Trinajstić information content (AvgIpc) is 3.20. The second-order valence-electron chi connectivity index (χ2n) is 5.55. The molecule has 0 aromatic carbocycles. The predicted octanol–water partition coefficient (Wildman–Crippen LogP) is 3.12. The summed E-state index contributed by atoms with van der Waals surface area (Å²) >= 11 is 0. The molecule has 1 aliphatic carbocycles. The van der Waals surface area contributed by atoms with Crippen molar-refractivity contribution >= 4 is 17.7 Å². The van der Waals surface area contributed by atoms with E-state index < -0.39 is 11.9 Å². The van der Waals surface area contributed by atoms with E-state index in [1.807, 2.05) is 13.0 Å². The Kier molecular flexibility index (Phi) is 3.44. The van der Waals surface area contributed by atoms with Crippen LogP contribution in [0.2, 0.25) is 0 Å². The maximum Gasteiger partial charge on any atom is 0.372 e. The summed E-state index contributed by atoms with van der Waals surface area (Å²) in [6.07, 6.45) is 3.84. The molecule has 0 spiro atoms. The van der Waals surface area contributed by atoms with Crippen LogP contribution in [0.3, 0.4) is 0 Å². The highest BCUT2D eigenvalue weighted by Crippen LogP contribution is 2.44. The Morgan fingerprint density at radius 1 is 1.32 bits per heavy atom. The zero-order valence-corrected chi connectivity index (χ0v) is 12.3. The molecule has 1 aliphatic rings. The summed E-state index contributed by atoms with van der Waals surface area (Å²) in [6.45, 7) is 3.58. The standard InChI is InChI=1S/C16H16N2O4/c1-8-5-6-17-14(12(8)10-3-4-10)18-15(19)11-7-9(2)13(22-11)16(20)21/h5-7,10H,3-4H2,1-2H3,(H,20,21)(H,17,18,19). The normalized spacial score (nSPS) is 13.9.